The second-order valence-electron chi connectivity index (χ2n) is 16.1. The van der Waals surface area contributed by atoms with Gasteiger partial charge >= 0.3 is 0 Å². The maximum Gasteiger partial charge on any atom is 0.235 e. The minimum Gasteiger partial charge on any atom is -0.456 e. The molecule has 63 heavy (non-hydrogen) atoms. The van der Waals surface area contributed by atoms with Crippen LogP contribution in [0.3, 0.4) is 0 Å². The van der Waals surface area contributed by atoms with Crippen LogP contribution in [-0.4, -0.2) is 22.6 Å². The van der Waals surface area contributed by atoms with Crippen molar-refractivity contribution in [1.82, 2.24) is 14.5 Å². The fourth-order valence-corrected chi connectivity index (χ4v) is 14.5. The zero-order valence-electron chi connectivity index (χ0n) is 34.3. The van der Waals surface area contributed by atoms with Crippen LogP contribution in [0.1, 0.15) is 0 Å². The molecule has 3 heterocycles. The Kier molecular flexibility index (Phi) is 8.80. The van der Waals surface area contributed by atoms with E-state index in [1.165, 1.54) is 31.9 Å². The standard InChI is InChI=1S/C58H39N3OSi/c1-4-18-40(19-5-1)41-20-16-26-46(36-41)63(44-22-6-2-7-23-44,45-24-8-3-9-25-45)47-27-17-21-42(37-47)52-39-53(43-34-35-57-51(38-43)50-30-12-15-33-56(50)62-57)60-58(59-52)61-54-31-13-10-28-48(54)49-29-11-14-32-55(49)61/h1-39H. The van der Waals surface area contributed by atoms with Crippen LogP contribution in [0.2, 0.25) is 0 Å². The quantitative estimate of drug-likeness (QED) is 0.113. The van der Waals surface area contributed by atoms with E-state index in [2.05, 4.69) is 229 Å². The Morgan fingerprint density at radius 2 is 0.778 bits per heavy atom. The average molecular weight is 822 g/mol. The molecule has 0 saturated carbocycles. The van der Waals surface area contributed by atoms with Gasteiger partial charge in [-0.25, -0.2) is 9.97 Å². The van der Waals surface area contributed by atoms with Crippen molar-refractivity contribution in [1.29, 1.82) is 0 Å². The van der Waals surface area contributed by atoms with Crippen LogP contribution in [0.25, 0.3) is 83.3 Å². The Bertz CT molecular complexity index is 3540. The topological polar surface area (TPSA) is 43.9 Å². The SMILES string of the molecule is c1ccc(-c2cccc([Si](c3ccccc3)(c3ccccc3)c3cccc(-c4cc(-c5ccc6oc7ccccc7c6c5)nc(-n5c6ccccc6c6ccccc65)n4)c3)c2)cc1. The van der Waals surface area contributed by atoms with Crippen molar-refractivity contribution in [2.45, 2.75) is 0 Å². The third-order valence-corrected chi connectivity index (χ3v) is 17.3. The number of para-hydroxylation sites is 3. The van der Waals surface area contributed by atoms with Crippen molar-refractivity contribution >= 4 is 72.6 Å². The second-order valence-corrected chi connectivity index (χ2v) is 19.9. The van der Waals surface area contributed by atoms with E-state index in [-0.39, 0.29) is 0 Å². The summed E-state index contributed by atoms with van der Waals surface area (Å²) in [4.78, 5) is 10.9. The molecule has 0 spiro atoms. The van der Waals surface area contributed by atoms with Gasteiger partial charge in [-0.05, 0) is 74.3 Å². The van der Waals surface area contributed by atoms with Crippen LogP contribution in [0, 0.1) is 0 Å². The van der Waals surface area contributed by atoms with Gasteiger partial charge in [0.2, 0.25) is 5.95 Å². The first-order valence-electron chi connectivity index (χ1n) is 21.4. The second kappa shape index (κ2) is 15.1. The Balaban J connectivity index is 1.12. The Hall–Kier alpha value is -8.12. The van der Waals surface area contributed by atoms with E-state index in [0.29, 0.717) is 5.95 Å². The average Bonchev–Trinajstić information content (AvgIpc) is 3.91. The molecule has 0 N–H and O–H groups in total. The minimum absolute atomic E-state index is 0.618. The van der Waals surface area contributed by atoms with E-state index >= 15 is 0 Å². The number of benzene rings is 9. The van der Waals surface area contributed by atoms with Gasteiger partial charge in [0.05, 0.1) is 22.4 Å². The van der Waals surface area contributed by atoms with Gasteiger partial charge in [-0.2, -0.15) is 0 Å². The first-order chi connectivity index (χ1) is 31.2. The van der Waals surface area contributed by atoms with Crippen LogP contribution in [-0.2, 0) is 0 Å². The number of fused-ring (bicyclic) bond motifs is 6. The number of hydrogen-bond acceptors (Lipinski definition) is 3. The summed E-state index contributed by atoms with van der Waals surface area (Å²) in [5.41, 5.74) is 9.93. The number of hydrogen-bond donors (Lipinski definition) is 0. The molecule has 4 nitrogen and oxygen atoms in total. The molecule has 296 valence electrons. The summed E-state index contributed by atoms with van der Waals surface area (Å²) in [6, 6.07) is 85.2. The molecule has 0 aliphatic carbocycles. The molecule has 0 aliphatic rings. The zero-order chi connectivity index (χ0) is 41.7. The third kappa shape index (κ3) is 6.12. The molecule has 3 aromatic heterocycles. The van der Waals surface area contributed by atoms with Crippen molar-refractivity contribution in [3.63, 3.8) is 0 Å². The lowest BCUT2D eigenvalue weighted by Gasteiger charge is -2.35. The molecule has 5 heteroatoms. The van der Waals surface area contributed by atoms with E-state index in [1.54, 1.807) is 0 Å². The van der Waals surface area contributed by atoms with E-state index in [4.69, 9.17) is 14.4 Å². The molecule has 12 rings (SSSR count). The minimum atomic E-state index is -2.95. The molecule has 12 aromatic rings. The molecular weight excluding hydrogens is 783 g/mol. The number of aromatic nitrogens is 3. The van der Waals surface area contributed by atoms with Gasteiger partial charge in [-0.15, -0.1) is 0 Å². The van der Waals surface area contributed by atoms with Crippen LogP contribution < -0.4 is 20.7 Å². The maximum atomic E-state index is 6.27. The lowest BCUT2D eigenvalue weighted by molar-refractivity contribution is 0.669. The number of furan rings is 1. The van der Waals surface area contributed by atoms with Crippen molar-refractivity contribution < 1.29 is 4.42 Å². The summed E-state index contributed by atoms with van der Waals surface area (Å²) in [6.07, 6.45) is 0. The van der Waals surface area contributed by atoms with Crippen LogP contribution >= 0.6 is 0 Å². The molecule has 0 saturated heterocycles. The molecule has 0 atom stereocenters. The molecule has 9 aromatic carbocycles. The molecule has 0 fully saturated rings. The number of rotatable bonds is 8. The highest BCUT2D eigenvalue weighted by Crippen LogP contribution is 2.35. The van der Waals surface area contributed by atoms with Crippen molar-refractivity contribution in [2.75, 3.05) is 0 Å². The van der Waals surface area contributed by atoms with Gasteiger partial charge in [-0.1, -0.05) is 194 Å². The van der Waals surface area contributed by atoms with Gasteiger partial charge in [0, 0.05) is 32.7 Å². The highest BCUT2D eigenvalue weighted by molar-refractivity contribution is 7.20. The largest absolute Gasteiger partial charge is 0.456 e. The van der Waals surface area contributed by atoms with Gasteiger partial charge in [-0.3, -0.25) is 4.57 Å². The summed E-state index contributed by atoms with van der Waals surface area (Å²) in [5.74, 6) is 0.618. The molecular formula is C58H39N3OSi. The fourth-order valence-electron chi connectivity index (χ4n) is 9.70. The van der Waals surface area contributed by atoms with Crippen LogP contribution in [0.4, 0.5) is 0 Å². The molecule has 0 amide bonds. The summed E-state index contributed by atoms with van der Waals surface area (Å²) < 4.78 is 8.49. The van der Waals surface area contributed by atoms with Crippen molar-refractivity contribution in [3.05, 3.63) is 237 Å². The first-order valence-corrected chi connectivity index (χ1v) is 23.4. The van der Waals surface area contributed by atoms with Crippen LogP contribution in [0.15, 0.2) is 241 Å². The third-order valence-electron chi connectivity index (χ3n) is 12.6. The Morgan fingerprint density at radius 3 is 1.41 bits per heavy atom. The first kappa shape index (κ1) is 36.7. The zero-order valence-corrected chi connectivity index (χ0v) is 35.3. The summed E-state index contributed by atoms with van der Waals surface area (Å²) in [7, 11) is -2.95. The van der Waals surface area contributed by atoms with Crippen molar-refractivity contribution in [3.8, 4) is 39.6 Å². The van der Waals surface area contributed by atoms with Crippen molar-refractivity contribution in [2.24, 2.45) is 0 Å². The van der Waals surface area contributed by atoms with E-state index in [1.807, 2.05) is 12.1 Å². The molecule has 0 radical (unpaired) electrons. The lowest BCUT2D eigenvalue weighted by atomic mass is 10.0. The fraction of sp³-hybridized carbons (Fsp3) is 0. The summed E-state index contributed by atoms with van der Waals surface area (Å²) in [5, 5.41) is 9.68. The smallest absolute Gasteiger partial charge is 0.235 e. The van der Waals surface area contributed by atoms with E-state index in [0.717, 1.165) is 66.3 Å². The maximum absolute atomic E-state index is 6.27. The molecule has 0 bridgehead atoms. The van der Waals surface area contributed by atoms with Gasteiger partial charge < -0.3 is 4.42 Å². The predicted molar refractivity (Wildman–Crippen MR) is 264 cm³/mol. The van der Waals surface area contributed by atoms with E-state index in [9.17, 15) is 0 Å². The monoisotopic (exact) mass is 821 g/mol. The predicted octanol–water partition coefficient (Wildman–Crippen LogP) is 11.9. The van der Waals surface area contributed by atoms with Gasteiger partial charge in [0.15, 0.2) is 8.07 Å². The van der Waals surface area contributed by atoms with Gasteiger partial charge in [0.25, 0.3) is 0 Å². The molecule has 0 unspecified atom stereocenters. The lowest BCUT2D eigenvalue weighted by Crippen LogP contribution is -2.74. The highest BCUT2D eigenvalue weighted by Gasteiger charge is 2.41. The molecule has 0 aliphatic heterocycles. The highest BCUT2D eigenvalue weighted by atomic mass is 28.3. The van der Waals surface area contributed by atoms with Gasteiger partial charge in [0.1, 0.15) is 11.2 Å². The summed E-state index contributed by atoms with van der Waals surface area (Å²) in [6.45, 7) is 0. The normalized spacial score (nSPS) is 11.8. The van der Waals surface area contributed by atoms with E-state index < -0.39 is 8.07 Å². The number of nitrogens with zero attached hydrogens (tertiary/aromatic N) is 3. The summed E-state index contributed by atoms with van der Waals surface area (Å²) >= 11 is 0. The Morgan fingerprint density at radius 1 is 0.317 bits per heavy atom. The Labute approximate surface area is 366 Å². The van der Waals surface area contributed by atoms with Crippen LogP contribution in [0.5, 0.6) is 0 Å².